The van der Waals surface area contributed by atoms with Gasteiger partial charge >= 0.3 is 0 Å². The Morgan fingerprint density at radius 1 is 1.32 bits per heavy atom. The molecule has 1 saturated carbocycles. The number of carbonyl (C=O) groups excluding carboxylic acids is 1. The van der Waals surface area contributed by atoms with Crippen molar-refractivity contribution in [3.05, 3.63) is 0 Å². The molecule has 0 aromatic carbocycles. The average Bonchev–Trinajstić information content (AvgIpc) is 3.26. The summed E-state index contributed by atoms with van der Waals surface area (Å²) in [4.78, 5) is 14.5. The third kappa shape index (κ3) is 4.87. The first-order chi connectivity index (χ1) is 9.31. The molecule has 1 heterocycles. The van der Waals surface area contributed by atoms with Crippen molar-refractivity contribution in [2.45, 2.75) is 57.4 Å². The number of nitrogens with one attached hydrogen (secondary N) is 1. The van der Waals surface area contributed by atoms with Crippen molar-refractivity contribution in [2.75, 3.05) is 19.6 Å². The van der Waals surface area contributed by atoms with E-state index in [4.69, 9.17) is 6.42 Å². The Labute approximate surface area is 117 Å². The Hall–Kier alpha value is -1.01. The van der Waals surface area contributed by atoms with Crippen LogP contribution < -0.4 is 5.32 Å². The van der Waals surface area contributed by atoms with E-state index in [0.717, 1.165) is 38.9 Å². The van der Waals surface area contributed by atoms with Crippen molar-refractivity contribution in [2.24, 2.45) is 5.92 Å². The summed E-state index contributed by atoms with van der Waals surface area (Å²) in [7, 11) is 0. The maximum absolute atomic E-state index is 12.3. The second-order valence-electron chi connectivity index (χ2n) is 5.90. The Morgan fingerprint density at radius 3 is 2.79 bits per heavy atom. The first-order valence-corrected chi connectivity index (χ1v) is 7.75. The molecule has 19 heavy (non-hydrogen) atoms. The Morgan fingerprint density at radius 2 is 2.16 bits per heavy atom. The van der Waals surface area contributed by atoms with Crippen LogP contribution in [0.25, 0.3) is 0 Å². The molecule has 1 unspecified atom stereocenters. The molecule has 1 amide bonds. The van der Waals surface area contributed by atoms with Crippen LogP contribution in [0, 0.1) is 18.3 Å². The van der Waals surface area contributed by atoms with Crippen LogP contribution in [0.15, 0.2) is 0 Å². The number of amides is 1. The highest BCUT2D eigenvalue weighted by Crippen LogP contribution is 2.29. The van der Waals surface area contributed by atoms with Gasteiger partial charge in [0.05, 0.1) is 0 Å². The van der Waals surface area contributed by atoms with Gasteiger partial charge in [0.1, 0.15) is 0 Å². The van der Waals surface area contributed by atoms with Gasteiger partial charge in [-0.1, -0.05) is 0 Å². The third-order valence-electron chi connectivity index (χ3n) is 4.12. The summed E-state index contributed by atoms with van der Waals surface area (Å²) in [6.07, 6.45) is 13.5. The number of unbranched alkanes of at least 4 members (excludes halogenated alkanes) is 2. The molecule has 2 aliphatic rings. The standard InChI is InChI=1S/C16H26N2O/c1-2-3-4-5-8-16(19)18(15-9-10-15)13-14-7-6-11-17-12-14/h1,14-15,17H,3-13H2. The second-order valence-corrected chi connectivity index (χ2v) is 5.90. The molecule has 0 spiro atoms. The van der Waals surface area contributed by atoms with Crippen molar-refractivity contribution < 1.29 is 4.79 Å². The Bertz CT molecular complexity index is 324. The lowest BCUT2D eigenvalue weighted by Gasteiger charge is -2.30. The minimum absolute atomic E-state index is 0.352. The fourth-order valence-electron chi connectivity index (χ4n) is 2.85. The number of nitrogens with zero attached hydrogens (tertiary/aromatic N) is 1. The zero-order chi connectivity index (χ0) is 13.5. The maximum Gasteiger partial charge on any atom is 0.222 e. The Balaban J connectivity index is 1.75. The summed E-state index contributed by atoms with van der Waals surface area (Å²) < 4.78 is 0. The van der Waals surface area contributed by atoms with Gasteiger partial charge in [-0.15, -0.1) is 12.3 Å². The van der Waals surface area contributed by atoms with Gasteiger partial charge in [-0.05, 0) is 57.5 Å². The zero-order valence-corrected chi connectivity index (χ0v) is 11.9. The molecular weight excluding hydrogens is 236 g/mol. The highest BCUT2D eigenvalue weighted by Gasteiger charge is 2.33. The number of piperidine rings is 1. The molecule has 2 rings (SSSR count). The molecule has 1 atom stereocenters. The van der Waals surface area contributed by atoms with Crippen LogP contribution >= 0.6 is 0 Å². The number of rotatable bonds is 7. The van der Waals surface area contributed by atoms with E-state index in [2.05, 4.69) is 16.1 Å². The summed E-state index contributed by atoms with van der Waals surface area (Å²) >= 11 is 0. The van der Waals surface area contributed by atoms with Crippen LogP contribution in [0.3, 0.4) is 0 Å². The topological polar surface area (TPSA) is 32.3 Å². The molecule has 0 radical (unpaired) electrons. The van der Waals surface area contributed by atoms with Crippen LogP contribution in [0.2, 0.25) is 0 Å². The SMILES string of the molecule is C#CCCCCC(=O)N(CC1CCCNC1)C1CC1. The molecule has 1 saturated heterocycles. The van der Waals surface area contributed by atoms with Gasteiger partial charge in [-0.3, -0.25) is 4.79 Å². The van der Waals surface area contributed by atoms with E-state index >= 15 is 0 Å². The number of terminal acetylenes is 1. The lowest BCUT2D eigenvalue weighted by atomic mass is 9.98. The third-order valence-corrected chi connectivity index (χ3v) is 4.12. The molecule has 3 nitrogen and oxygen atoms in total. The van der Waals surface area contributed by atoms with Crippen LogP contribution in [0.5, 0.6) is 0 Å². The van der Waals surface area contributed by atoms with E-state index in [0.29, 0.717) is 24.3 Å². The predicted octanol–water partition coefficient (Wildman–Crippen LogP) is 2.17. The van der Waals surface area contributed by atoms with Gasteiger partial charge < -0.3 is 10.2 Å². The highest BCUT2D eigenvalue weighted by molar-refractivity contribution is 5.76. The molecule has 1 aliphatic carbocycles. The first-order valence-electron chi connectivity index (χ1n) is 7.75. The van der Waals surface area contributed by atoms with Gasteiger partial charge in [0.25, 0.3) is 0 Å². The van der Waals surface area contributed by atoms with Crippen LogP contribution in [0.1, 0.15) is 51.4 Å². The number of carbonyl (C=O) groups is 1. The molecule has 3 heteroatoms. The minimum Gasteiger partial charge on any atom is -0.339 e. The average molecular weight is 262 g/mol. The molecule has 106 valence electrons. The number of hydrogen-bond acceptors (Lipinski definition) is 2. The molecular formula is C16H26N2O. The molecule has 1 aliphatic heterocycles. The maximum atomic E-state index is 12.3. The Kier molecular flexibility index (Phi) is 5.72. The summed E-state index contributed by atoms with van der Waals surface area (Å²) in [6.45, 7) is 3.18. The van der Waals surface area contributed by atoms with Crippen LogP contribution in [0.4, 0.5) is 0 Å². The van der Waals surface area contributed by atoms with Crippen molar-refractivity contribution in [1.82, 2.24) is 10.2 Å². The van der Waals surface area contributed by atoms with Gasteiger partial charge in [-0.25, -0.2) is 0 Å². The van der Waals surface area contributed by atoms with E-state index in [9.17, 15) is 4.79 Å². The van der Waals surface area contributed by atoms with Gasteiger partial charge in [0.15, 0.2) is 0 Å². The van der Waals surface area contributed by atoms with Crippen LogP contribution in [-0.4, -0.2) is 36.5 Å². The molecule has 1 N–H and O–H groups in total. The molecule has 0 aromatic rings. The normalized spacial score (nSPS) is 22.8. The van der Waals surface area contributed by atoms with E-state index in [-0.39, 0.29) is 0 Å². The van der Waals surface area contributed by atoms with E-state index in [1.54, 1.807) is 0 Å². The van der Waals surface area contributed by atoms with Crippen molar-refractivity contribution in [3.63, 3.8) is 0 Å². The lowest BCUT2D eigenvalue weighted by Crippen LogP contribution is -2.42. The summed E-state index contributed by atoms with van der Waals surface area (Å²) in [5, 5.41) is 3.44. The largest absolute Gasteiger partial charge is 0.339 e. The lowest BCUT2D eigenvalue weighted by molar-refractivity contribution is -0.132. The summed E-state index contributed by atoms with van der Waals surface area (Å²) in [6, 6.07) is 0.544. The molecule has 0 aromatic heterocycles. The number of hydrogen-bond donors (Lipinski definition) is 1. The van der Waals surface area contributed by atoms with E-state index < -0.39 is 0 Å². The van der Waals surface area contributed by atoms with Crippen molar-refractivity contribution >= 4 is 5.91 Å². The fourth-order valence-corrected chi connectivity index (χ4v) is 2.85. The minimum atomic E-state index is 0.352. The highest BCUT2D eigenvalue weighted by atomic mass is 16.2. The van der Waals surface area contributed by atoms with Crippen molar-refractivity contribution in [3.8, 4) is 12.3 Å². The van der Waals surface area contributed by atoms with Gasteiger partial charge in [0.2, 0.25) is 5.91 Å². The van der Waals surface area contributed by atoms with Gasteiger partial charge in [0, 0.05) is 25.4 Å². The van der Waals surface area contributed by atoms with Gasteiger partial charge in [-0.2, -0.15) is 0 Å². The fraction of sp³-hybridized carbons (Fsp3) is 0.812. The van der Waals surface area contributed by atoms with Crippen molar-refractivity contribution in [1.29, 1.82) is 0 Å². The first kappa shape index (κ1) is 14.4. The molecule has 0 bridgehead atoms. The van der Waals surface area contributed by atoms with Crippen LogP contribution in [-0.2, 0) is 4.79 Å². The monoisotopic (exact) mass is 262 g/mol. The second kappa shape index (κ2) is 7.55. The van der Waals surface area contributed by atoms with E-state index in [1.165, 1.54) is 25.7 Å². The summed E-state index contributed by atoms with van der Waals surface area (Å²) in [5.41, 5.74) is 0. The van der Waals surface area contributed by atoms with E-state index in [1.807, 2.05) is 0 Å². The smallest absolute Gasteiger partial charge is 0.222 e. The summed E-state index contributed by atoms with van der Waals surface area (Å²) in [5.74, 6) is 3.65. The predicted molar refractivity (Wildman–Crippen MR) is 77.6 cm³/mol. The zero-order valence-electron chi connectivity index (χ0n) is 11.9. The quantitative estimate of drug-likeness (QED) is 0.563. The molecule has 2 fully saturated rings.